The molecule has 0 spiro atoms. The molecule has 0 saturated heterocycles. The molecule has 19 heavy (non-hydrogen) atoms. The second-order valence-electron chi connectivity index (χ2n) is 3.94. The summed E-state index contributed by atoms with van der Waals surface area (Å²) in [6.45, 7) is 1.89. The standard InChI is InChI=1S/C14H9BrCl2O2/c1-8-2-3-9(7-18)4-13(8)19-14-6-11(16)10(15)5-12(14)17/h2-7H,1H3. The highest BCUT2D eigenvalue weighted by molar-refractivity contribution is 9.10. The Labute approximate surface area is 129 Å². The van der Waals surface area contributed by atoms with Gasteiger partial charge in [0.1, 0.15) is 17.8 Å². The average Bonchev–Trinajstić information content (AvgIpc) is 2.38. The van der Waals surface area contributed by atoms with Crippen molar-refractivity contribution < 1.29 is 9.53 Å². The predicted octanol–water partition coefficient (Wildman–Crippen LogP) is 5.67. The third-order valence-corrected chi connectivity index (χ3v) is 4.04. The molecule has 0 bridgehead atoms. The van der Waals surface area contributed by atoms with Crippen molar-refractivity contribution in [2.45, 2.75) is 6.92 Å². The summed E-state index contributed by atoms with van der Waals surface area (Å²) in [6.07, 6.45) is 0.766. The van der Waals surface area contributed by atoms with Crippen LogP contribution in [0.2, 0.25) is 10.0 Å². The van der Waals surface area contributed by atoms with Gasteiger partial charge in [0.25, 0.3) is 0 Å². The van der Waals surface area contributed by atoms with E-state index in [0.717, 1.165) is 11.8 Å². The molecule has 0 amide bonds. The van der Waals surface area contributed by atoms with Gasteiger partial charge in [0.2, 0.25) is 0 Å². The number of carbonyl (C=O) groups is 1. The molecule has 0 aromatic heterocycles. The molecule has 0 heterocycles. The summed E-state index contributed by atoms with van der Waals surface area (Å²) >= 11 is 15.4. The fourth-order valence-electron chi connectivity index (χ4n) is 1.50. The van der Waals surface area contributed by atoms with Crippen LogP contribution < -0.4 is 4.74 Å². The minimum absolute atomic E-state index is 0.437. The SMILES string of the molecule is Cc1ccc(C=O)cc1Oc1cc(Cl)c(Br)cc1Cl. The fraction of sp³-hybridized carbons (Fsp3) is 0.0714. The molecular weight excluding hydrogens is 351 g/mol. The van der Waals surface area contributed by atoms with Crippen molar-refractivity contribution >= 4 is 45.4 Å². The summed E-state index contributed by atoms with van der Waals surface area (Å²) in [7, 11) is 0. The van der Waals surface area contributed by atoms with E-state index in [1.807, 2.05) is 13.0 Å². The van der Waals surface area contributed by atoms with Crippen LogP contribution in [0.3, 0.4) is 0 Å². The maximum atomic E-state index is 10.8. The monoisotopic (exact) mass is 358 g/mol. The Morgan fingerprint density at radius 1 is 1.11 bits per heavy atom. The summed E-state index contributed by atoms with van der Waals surface area (Å²) in [5.74, 6) is 1.02. The second-order valence-corrected chi connectivity index (χ2v) is 5.61. The van der Waals surface area contributed by atoms with Crippen molar-refractivity contribution in [2.24, 2.45) is 0 Å². The third kappa shape index (κ3) is 3.30. The summed E-state index contributed by atoms with van der Waals surface area (Å²) in [6, 6.07) is 8.49. The van der Waals surface area contributed by atoms with Gasteiger partial charge in [0.05, 0.1) is 10.0 Å². The number of hydrogen-bond acceptors (Lipinski definition) is 2. The molecule has 98 valence electrons. The molecule has 0 unspecified atom stereocenters. The van der Waals surface area contributed by atoms with E-state index in [1.165, 1.54) is 0 Å². The lowest BCUT2D eigenvalue weighted by Gasteiger charge is -2.11. The highest BCUT2D eigenvalue weighted by Crippen LogP contribution is 2.37. The maximum Gasteiger partial charge on any atom is 0.150 e. The van der Waals surface area contributed by atoms with Crippen molar-refractivity contribution in [2.75, 3.05) is 0 Å². The van der Waals surface area contributed by atoms with Crippen LogP contribution in [0.25, 0.3) is 0 Å². The van der Waals surface area contributed by atoms with Gasteiger partial charge >= 0.3 is 0 Å². The zero-order valence-corrected chi connectivity index (χ0v) is 13.0. The molecular formula is C14H9BrCl2O2. The predicted molar refractivity (Wildman–Crippen MR) is 80.8 cm³/mol. The van der Waals surface area contributed by atoms with E-state index in [9.17, 15) is 4.79 Å². The Balaban J connectivity index is 2.41. The lowest BCUT2D eigenvalue weighted by molar-refractivity contribution is 0.112. The Morgan fingerprint density at radius 3 is 2.53 bits per heavy atom. The van der Waals surface area contributed by atoms with Crippen LogP contribution >= 0.6 is 39.1 Å². The van der Waals surface area contributed by atoms with Gasteiger partial charge in [-0.25, -0.2) is 0 Å². The van der Waals surface area contributed by atoms with E-state index in [0.29, 0.717) is 31.6 Å². The van der Waals surface area contributed by atoms with Crippen molar-refractivity contribution in [1.82, 2.24) is 0 Å². The summed E-state index contributed by atoms with van der Waals surface area (Å²) in [4.78, 5) is 10.8. The number of aryl methyl sites for hydroxylation is 1. The lowest BCUT2D eigenvalue weighted by Crippen LogP contribution is -1.91. The molecule has 0 saturated carbocycles. The summed E-state index contributed by atoms with van der Waals surface area (Å²) in [5, 5.41) is 0.941. The molecule has 2 rings (SSSR count). The molecule has 2 aromatic carbocycles. The van der Waals surface area contributed by atoms with Gasteiger partial charge in [0, 0.05) is 16.1 Å². The van der Waals surface area contributed by atoms with Crippen LogP contribution in [0.1, 0.15) is 15.9 Å². The minimum atomic E-state index is 0.437. The highest BCUT2D eigenvalue weighted by atomic mass is 79.9. The summed E-state index contributed by atoms with van der Waals surface area (Å²) < 4.78 is 6.42. The molecule has 0 fully saturated rings. The molecule has 2 aromatic rings. The Hall–Kier alpha value is -1.03. The van der Waals surface area contributed by atoms with Gasteiger partial charge in [-0.3, -0.25) is 4.79 Å². The highest BCUT2D eigenvalue weighted by Gasteiger charge is 2.10. The minimum Gasteiger partial charge on any atom is -0.455 e. The topological polar surface area (TPSA) is 26.3 Å². The van der Waals surface area contributed by atoms with Gasteiger partial charge in [0.15, 0.2) is 0 Å². The number of benzene rings is 2. The van der Waals surface area contributed by atoms with E-state index in [2.05, 4.69) is 15.9 Å². The van der Waals surface area contributed by atoms with Crippen molar-refractivity contribution in [3.8, 4) is 11.5 Å². The number of rotatable bonds is 3. The van der Waals surface area contributed by atoms with Crippen LogP contribution in [0.4, 0.5) is 0 Å². The van der Waals surface area contributed by atoms with Gasteiger partial charge in [-0.2, -0.15) is 0 Å². The van der Waals surface area contributed by atoms with E-state index in [-0.39, 0.29) is 0 Å². The number of ether oxygens (including phenoxy) is 1. The van der Waals surface area contributed by atoms with Crippen LogP contribution in [0.5, 0.6) is 11.5 Å². The van der Waals surface area contributed by atoms with Crippen molar-refractivity contribution in [1.29, 1.82) is 0 Å². The second kappa shape index (κ2) is 5.95. The molecule has 0 N–H and O–H groups in total. The Morgan fingerprint density at radius 2 is 1.84 bits per heavy atom. The van der Waals surface area contributed by atoms with Gasteiger partial charge in [-0.05, 0) is 40.5 Å². The first-order valence-corrected chi connectivity index (χ1v) is 6.94. The van der Waals surface area contributed by atoms with E-state index in [1.54, 1.807) is 24.3 Å². The normalized spacial score (nSPS) is 10.3. The smallest absolute Gasteiger partial charge is 0.150 e. The zero-order chi connectivity index (χ0) is 14.0. The van der Waals surface area contributed by atoms with Gasteiger partial charge in [-0.1, -0.05) is 35.3 Å². The lowest BCUT2D eigenvalue weighted by atomic mass is 10.1. The molecule has 0 aliphatic heterocycles. The Kier molecular flexibility index (Phi) is 4.50. The molecule has 0 aliphatic carbocycles. The maximum absolute atomic E-state index is 10.8. The van der Waals surface area contributed by atoms with Crippen molar-refractivity contribution in [3.05, 3.63) is 56.0 Å². The molecule has 0 atom stereocenters. The fourth-order valence-corrected chi connectivity index (χ4v) is 2.33. The number of hydrogen-bond donors (Lipinski definition) is 0. The first-order valence-electron chi connectivity index (χ1n) is 5.39. The number of halogens is 3. The van der Waals surface area contributed by atoms with E-state index < -0.39 is 0 Å². The first-order chi connectivity index (χ1) is 9.01. The first kappa shape index (κ1) is 14.4. The average molecular weight is 360 g/mol. The van der Waals surface area contributed by atoms with Crippen LogP contribution in [0.15, 0.2) is 34.8 Å². The van der Waals surface area contributed by atoms with Crippen LogP contribution in [-0.2, 0) is 0 Å². The van der Waals surface area contributed by atoms with E-state index in [4.69, 9.17) is 27.9 Å². The largest absolute Gasteiger partial charge is 0.455 e. The number of carbonyl (C=O) groups excluding carboxylic acids is 1. The number of aldehydes is 1. The van der Waals surface area contributed by atoms with Crippen LogP contribution in [-0.4, -0.2) is 6.29 Å². The Bertz CT molecular complexity index is 642. The molecule has 2 nitrogen and oxygen atoms in total. The van der Waals surface area contributed by atoms with Gasteiger partial charge in [-0.15, -0.1) is 0 Å². The van der Waals surface area contributed by atoms with Crippen molar-refractivity contribution in [3.63, 3.8) is 0 Å². The quantitative estimate of drug-likeness (QED) is 0.521. The zero-order valence-electron chi connectivity index (χ0n) is 9.91. The van der Waals surface area contributed by atoms with Gasteiger partial charge < -0.3 is 4.74 Å². The third-order valence-electron chi connectivity index (χ3n) is 2.54. The van der Waals surface area contributed by atoms with Crippen LogP contribution in [0, 0.1) is 6.92 Å². The summed E-state index contributed by atoms with van der Waals surface area (Å²) in [5.41, 5.74) is 1.45. The molecule has 0 aliphatic rings. The molecule has 0 radical (unpaired) electrons. The molecule has 5 heteroatoms. The van der Waals surface area contributed by atoms with E-state index >= 15 is 0 Å².